The van der Waals surface area contributed by atoms with Gasteiger partial charge in [0.05, 0.1) is 18.1 Å². The molecule has 5 heteroatoms. The second kappa shape index (κ2) is 4.53. The minimum Gasteiger partial charge on any atom is -0.462 e. The molecular formula is C11H10ClNO3. The largest absolute Gasteiger partial charge is 0.462 e. The summed E-state index contributed by atoms with van der Waals surface area (Å²) in [5.74, 6) is 0.174. The Labute approximate surface area is 97.2 Å². The number of rotatable bonds is 3. The number of hydrogen-bond acceptors (Lipinski definition) is 4. The molecule has 0 saturated heterocycles. The Kier molecular flexibility index (Phi) is 3.10. The summed E-state index contributed by atoms with van der Waals surface area (Å²) in [5.41, 5.74) is 1.44. The first-order chi connectivity index (χ1) is 7.76. The maximum Gasteiger partial charge on any atom is 0.340 e. The van der Waals surface area contributed by atoms with Gasteiger partial charge in [0.25, 0.3) is 0 Å². The molecule has 0 unspecified atom stereocenters. The third kappa shape index (κ3) is 1.88. The fraction of sp³-hybridized carbons (Fsp3) is 0.273. The second-order valence-electron chi connectivity index (χ2n) is 3.11. The number of alkyl halides is 1. The molecule has 0 N–H and O–H groups in total. The Morgan fingerprint density at radius 2 is 2.38 bits per heavy atom. The molecule has 0 aliphatic carbocycles. The van der Waals surface area contributed by atoms with Crippen LogP contribution in [0.4, 0.5) is 0 Å². The highest BCUT2D eigenvalue weighted by atomic mass is 35.5. The molecule has 2 rings (SSSR count). The molecule has 0 radical (unpaired) electrons. The Balaban J connectivity index is 2.52. The minimum absolute atomic E-state index is 0.178. The summed E-state index contributed by atoms with van der Waals surface area (Å²) in [7, 11) is 0. The lowest BCUT2D eigenvalue weighted by molar-refractivity contribution is 0.0528. The van der Waals surface area contributed by atoms with Crippen molar-refractivity contribution in [1.82, 2.24) is 4.98 Å². The molecule has 0 amide bonds. The second-order valence-corrected chi connectivity index (χ2v) is 3.38. The Morgan fingerprint density at radius 3 is 3.06 bits per heavy atom. The highest BCUT2D eigenvalue weighted by Crippen LogP contribution is 2.21. The van der Waals surface area contributed by atoms with Gasteiger partial charge in [-0.05, 0) is 19.1 Å². The molecule has 1 heterocycles. The van der Waals surface area contributed by atoms with Crippen LogP contribution in [0.1, 0.15) is 23.2 Å². The van der Waals surface area contributed by atoms with E-state index < -0.39 is 5.97 Å². The number of esters is 1. The Morgan fingerprint density at radius 1 is 1.56 bits per heavy atom. The Hall–Kier alpha value is -1.55. The summed E-state index contributed by atoms with van der Waals surface area (Å²) in [4.78, 5) is 15.8. The quantitative estimate of drug-likeness (QED) is 0.611. The summed E-state index contributed by atoms with van der Waals surface area (Å²) in [6, 6.07) is 5.11. The van der Waals surface area contributed by atoms with Crippen molar-refractivity contribution in [2.45, 2.75) is 12.8 Å². The number of carbonyl (C=O) groups is 1. The third-order valence-corrected chi connectivity index (χ3v) is 2.30. The van der Waals surface area contributed by atoms with Crippen molar-refractivity contribution in [3.63, 3.8) is 0 Å². The first-order valence-electron chi connectivity index (χ1n) is 4.87. The zero-order valence-electron chi connectivity index (χ0n) is 8.70. The summed E-state index contributed by atoms with van der Waals surface area (Å²) >= 11 is 5.62. The van der Waals surface area contributed by atoms with Crippen LogP contribution in [0.5, 0.6) is 0 Å². The number of para-hydroxylation sites is 1. The van der Waals surface area contributed by atoms with E-state index in [1.165, 1.54) is 0 Å². The van der Waals surface area contributed by atoms with Crippen molar-refractivity contribution in [3.8, 4) is 0 Å². The summed E-state index contributed by atoms with van der Waals surface area (Å²) in [5, 5.41) is 0. The zero-order chi connectivity index (χ0) is 11.5. The standard InChI is InChI=1S/C11H10ClNO3/c1-2-15-11(14)7-4-3-5-8-10(7)13-9(6-12)16-8/h3-5H,2,6H2,1H3. The molecule has 0 aliphatic rings. The summed E-state index contributed by atoms with van der Waals surface area (Å²) in [6.45, 7) is 2.08. The van der Waals surface area contributed by atoms with Crippen molar-refractivity contribution in [3.05, 3.63) is 29.7 Å². The number of oxazole rings is 1. The topological polar surface area (TPSA) is 52.3 Å². The van der Waals surface area contributed by atoms with Crippen LogP contribution in [0.25, 0.3) is 11.1 Å². The van der Waals surface area contributed by atoms with Crippen molar-refractivity contribution in [2.24, 2.45) is 0 Å². The van der Waals surface area contributed by atoms with Crippen LogP contribution < -0.4 is 0 Å². The zero-order valence-corrected chi connectivity index (χ0v) is 9.45. The smallest absolute Gasteiger partial charge is 0.340 e. The third-order valence-electron chi connectivity index (χ3n) is 2.07. The lowest BCUT2D eigenvalue weighted by Gasteiger charge is -2.00. The molecule has 2 aromatic rings. The molecule has 1 aromatic carbocycles. The molecule has 1 aromatic heterocycles. The van der Waals surface area contributed by atoms with Gasteiger partial charge in [-0.15, -0.1) is 11.6 Å². The van der Waals surface area contributed by atoms with E-state index in [2.05, 4.69) is 4.98 Å². The molecule has 16 heavy (non-hydrogen) atoms. The van der Waals surface area contributed by atoms with Crippen molar-refractivity contribution in [2.75, 3.05) is 6.61 Å². The van der Waals surface area contributed by atoms with Crippen LogP contribution >= 0.6 is 11.6 Å². The van der Waals surface area contributed by atoms with Gasteiger partial charge >= 0.3 is 5.97 Å². The van der Waals surface area contributed by atoms with E-state index in [1.54, 1.807) is 25.1 Å². The van der Waals surface area contributed by atoms with Crippen molar-refractivity contribution in [1.29, 1.82) is 0 Å². The molecule has 84 valence electrons. The van der Waals surface area contributed by atoms with E-state index in [4.69, 9.17) is 20.8 Å². The van der Waals surface area contributed by atoms with Crippen LogP contribution in [0.3, 0.4) is 0 Å². The number of nitrogens with zero attached hydrogens (tertiary/aromatic N) is 1. The van der Waals surface area contributed by atoms with E-state index in [1.807, 2.05) is 0 Å². The van der Waals surface area contributed by atoms with Gasteiger partial charge in [0.1, 0.15) is 5.52 Å². The van der Waals surface area contributed by atoms with Gasteiger partial charge in [0.2, 0.25) is 5.89 Å². The highest BCUT2D eigenvalue weighted by Gasteiger charge is 2.15. The molecule has 0 bridgehead atoms. The van der Waals surface area contributed by atoms with Crippen molar-refractivity contribution < 1.29 is 13.9 Å². The monoisotopic (exact) mass is 239 g/mol. The Bertz CT molecular complexity index is 521. The minimum atomic E-state index is -0.400. The number of carbonyl (C=O) groups excluding carboxylic acids is 1. The van der Waals surface area contributed by atoms with E-state index in [-0.39, 0.29) is 5.88 Å². The van der Waals surface area contributed by atoms with Gasteiger partial charge in [0, 0.05) is 0 Å². The highest BCUT2D eigenvalue weighted by molar-refractivity contribution is 6.16. The molecule has 0 saturated carbocycles. The number of hydrogen-bond donors (Lipinski definition) is 0. The molecule has 0 spiro atoms. The van der Waals surface area contributed by atoms with Gasteiger partial charge in [-0.2, -0.15) is 0 Å². The summed E-state index contributed by atoms with van der Waals surface area (Å²) in [6.07, 6.45) is 0. The maximum atomic E-state index is 11.6. The van der Waals surface area contributed by atoms with Gasteiger partial charge < -0.3 is 9.15 Å². The predicted octanol–water partition coefficient (Wildman–Crippen LogP) is 2.74. The van der Waals surface area contributed by atoms with Crippen LogP contribution in [0.2, 0.25) is 0 Å². The van der Waals surface area contributed by atoms with Gasteiger partial charge in [-0.3, -0.25) is 0 Å². The number of benzene rings is 1. The average Bonchev–Trinajstić information content (AvgIpc) is 2.71. The average molecular weight is 240 g/mol. The number of aromatic nitrogens is 1. The lowest BCUT2D eigenvalue weighted by atomic mass is 10.2. The lowest BCUT2D eigenvalue weighted by Crippen LogP contribution is -2.05. The van der Waals surface area contributed by atoms with Crippen molar-refractivity contribution >= 4 is 28.7 Å². The molecule has 0 aliphatic heterocycles. The van der Waals surface area contributed by atoms with Crippen LogP contribution in [0.15, 0.2) is 22.6 Å². The van der Waals surface area contributed by atoms with Gasteiger partial charge in [0.15, 0.2) is 5.58 Å². The van der Waals surface area contributed by atoms with E-state index in [9.17, 15) is 4.79 Å². The SMILES string of the molecule is CCOC(=O)c1cccc2oc(CCl)nc12. The van der Waals surface area contributed by atoms with Crippen LogP contribution in [-0.2, 0) is 10.6 Å². The first kappa shape index (κ1) is 11.0. The molecular weight excluding hydrogens is 230 g/mol. The fourth-order valence-electron chi connectivity index (χ4n) is 1.43. The molecule has 4 nitrogen and oxygen atoms in total. The number of fused-ring (bicyclic) bond motifs is 1. The van der Waals surface area contributed by atoms with Crippen LogP contribution in [0, 0.1) is 0 Å². The number of ether oxygens (including phenoxy) is 1. The normalized spacial score (nSPS) is 10.6. The van der Waals surface area contributed by atoms with E-state index in [0.29, 0.717) is 29.2 Å². The number of halogens is 1. The predicted molar refractivity (Wildman–Crippen MR) is 59.5 cm³/mol. The molecule has 0 fully saturated rings. The van der Waals surface area contributed by atoms with E-state index >= 15 is 0 Å². The van der Waals surface area contributed by atoms with Crippen LogP contribution in [-0.4, -0.2) is 17.6 Å². The summed E-state index contributed by atoms with van der Waals surface area (Å²) < 4.78 is 10.3. The van der Waals surface area contributed by atoms with Gasteiger partial charge in [-0.1, -0.05) is 6.07 Å². The van der Waals surface area contributed by atoms with E-state index in [0.717, 1.165) is 0 Å². The fourth-order valence-corrected chi connectivity index (χ4v) is 1.54. The first-order valence-corrected chi connectivity index (χ1v) is 5.41. The van der Waals surface area contributed by atoms with Gasteiger partial charge in [-0.25, -0.2) is 9.78 Å². The molecule has 0 atom stereocenters. The maximum absolute atomic E-state index is 11.6.